The van der Waals surface area contributed by atoms with Crippen LogP contribution in [-0.2, 0) is 18.1 Å². The molecule has 0 rings (SSSR count). The van der Waals surface area contributed by atoms with E-state index < -0.39 is 8.80 Å². The van der Waals surface area contributed by atoms with Crippen LogP contribution < -0.4 is 0 Å². The largest absolute Gasteiger partial charge is 0.595 e. The van der Waals surface area contributed by atoms with Crippen molar-refractivity contribution in [3.63, 3.8) is 0 Å². The summed E-state index contributed by atoms with van der Waals surface area (Å²) >= 11 is 0. The first-order chi connectivity index (χ1) is 13.1. The number of carbonyl (C=O) groups excluding carboxylic acids is 1. The molecule has 0 heterocycles. The van der Waals surface area contributed by atoms with Gasteiger partial charge in [0.1, 0.15) is 0 Å². The standard InChI is InChI=1S/C22H42O4Si/c1-5-7-8-9-10-11-12-13-14-15-16-17-18-19-20-21-22(23)26-27(6-2,24-3)25-4/h6,13-14H,2,5,7-12,15-21H2,1,3-4H3. The normalized spacial score (nSPS) is 11.8. The highest BCUT2D eigenvalue weighted by atomic mass is 28.4. The maximum absolute atomic E-state index is 11.9. The fraction of sp³-hybridized carbons (Fsp3) is 0.773. The van der Waals surface area contributed by atoms with E-state index >= 15 is 0 Å². The van der Waals surface area contributed by atoms with Crippen LogP contribution in [0.5, 0.6) is 0 Å². The fourth-order valence-electron chi connectivity index (χ4n) is 2.92. The Morgan fingerprint density at radius 2 is 1.30 bits per heavy atom. The lowest BCUT2D eigenvalue weighted by Crippen LogP contribution is -2.43. The average Bonchev–Trinajstić information content (AvgIpc) is 2.69. The van der Waals surface area contributed by atoms with Gasteiger partial charge in [-0.25, -0.2) is 0 Å². The molecule has 0 amide bonds. The molecule has 5 heteroatoms. The highest BCUT2D eigenvalue weighted by Gasteiger charge is 2.39. The van der Waals surface area contributed by atoms with E-state index in [4.69, 9.17) is 13.3 Å². The van der Waals surface area contributed by atoms with Crippen LogP contribution in [0.25, 0.3) is 0 Å². The molecule has 0 unspecified atom stereocenters. The maximum atomic E-state index is 11.9. The van der Waals surface area contributed by atoms with Crippen LogP contribution in [-0.4, -0.2) is 29.0 Å². The second kappa shape index (κ2) is 18.5. The summed E-state index contributed by atoms with van der Waals surface area (Å²) < 4.78 is 15.7. The minimum Gasteiger partial charge on any atom is -0.470 e. The van der Waals surface area contributed by atoms with Crippen molar-refractivity contribution in [2.75, 3.05) is 14.2 Å². The number of carbonyl (C=O) groups is 1. The second-order valence-corrected chi connectivity index (χ2v) is 9.66. The van der Waals surface area contributed by atoms with E-state index in [0.29, 0.717) is 6.42 Å². The Morgan fingerprint density at radius 3 is 1.78 bits per heavy atom. The number of allylic oxidation sites excluding steroid dienone is 2. The summed E-state index contributed by atoms with van der Waals surface area (Å²) in [5.74, 6) is -0.261. The Labute approximate surface area is 168 Å². The Bertz CT molecular complexity index is 392. The van der Waals surface area contributed by atoms with Gasteiger partial charge in [0.15, 0.2) is 0 Å². The first-order valence-electron chi connectivity index (χ1n) is 10.7. The molecule has 0 saturated carbocycles. The molecular weight excluding hydrogens is 356 g/mol. The lowest BCUT2D eigenvalue weighted by molar-refractivity contribution is -0.138. The molecule has 0 fully saturated rings. The summed E-state index contributed by atoms with van der Waals surface area (Å²) in [6, 6.07) is 0. The third kappa shape index (κ3) is 14.8. The van der Waals surface area contributed by atoms with Gasteiger partial charge in [-0.2, -0.15) is 0 Å². The van der Waals surface area contributed by atoms with Crippen molar-refractivity contribution >= 4 is 14.8 Å². The van der Waals surface area contributed by atoms with Crippen LogP contribution in [0, 0.1) is 0 Å². The fourth-order valence-corrected chi connectivity index (χ4v) is 4.09. The van der Waals surface area contributed by atoms with Gasteiger partial charge in [0.2, 0.25) is 0 Å². The first-order valence-corrected chi connectivity index (χ1v) is 12.5. The van der Waals surface area contributed by atoms with Gasteiger partial charge in [0.05, 0.1) is 0 Å². The van der Waals surface area contributed by atoms with E-state index in [1.807, 2.05) is 0 Å². The molecule has 0 aliphatic carbocycles. The number of hydrogen-bond acceptors (Lipinski definition) is 4. The summed E-state index contributed by atoms with van der Waals surface area (Å²) in [4.78, 5) is 11.9. The third-order valence-electron chi connectivity index (χ3n) is 4.72. The zero-order valence-corrected chi connectivity index (χ0v) is 19.0. The van der Waals surface area contributed by atoms with Gasteiger partial charge < -0.3 is 13.3 Å². The summed E-state index contributed by atoms with van der Waals surface area (Å²) in [6.45, 7) is 5.89. The Kier molecular flexibility index (Phi) is 17.8. The Hall–Kier alpha value is -0.913. The lowest BCUT2D eigenvalue weighted by Gasteiger charge is -2.21. The predicted octanol–water partition coefficient (Wildman–Crippen LogP) is 6.52. The summed E-state index contributed by atoms with van der Waals surface area (Å²) in [6.07, 6.45) is 21.2. The molecule has 0 saturated heterocycles. The quantitative estimate of drug-likeness (QED) is 0.141. The lowest BCUT2D eigenvalue weighted by atomic mass is 10.1. The molecule has 0 radical (unpaired) electrons. The molecule has 0 aliphatic heterocycles. The van der Waals surface area contributed by atoms with E-state index in [1.165, 1.54) is 84.1 Å². The minimum atomic E-state index is -2.98. The maximum Gasteiger partial charge on any atom is 0.595 e. The van der Waals surface area contributed by atoms with Crippen LogP contribution in [0.15, 0.2) is 24.4 Å². The van der Waals surface area contributed by atoms with Crippen molar-refractivity contribution in [3.8, 4) is 0 Å². The minimum absolute atomic E-state index is 0.261. The Balaban J connectivity index is 3.48. The predicted molar refractivity (Wildman–Crippen MR) is 116 cm³/mol. The number of unbranched alkanes of at least 4 members (excludes halogenated alkanes) is 11. The van der Waals surface area contributed by atoms with E-state index in [-0.39, 0.29) is 5.97 Å². The molecular formula is C22H42O4Si. The molecule has 27 heavy (non-hydrogen) atoms. The average molecular weight is 399 g/mol. The van der Waals surface area contributed by atoms with E-state index in [2.05, 4.69) is 25.7 Å². The van der Waals surface area contributed by atoms with Crippen molar-refractivity contribution < 1.29 is 18.1 Å². The van der Waals surface area contributed by atoms with Crippen LogP contribution >= 0.6 is 0 Å². The van der Waals surface area contributed by atoms with Crippen molar-refractivity contribution in [1.82, 2.24) is 0 Å². The molecule has 0 N–H and O–H groups in total. The molecule has 158 valence electrons. The van der Waals surface area contributed by atoms with Crippen LogP contribution in [0.4, 0.5) is 0 Å². The van der Waals surface area contributed by atoms with Gasteiger partial charge in [-0.1, -0.05) is 77.0 Å². The zero-order valence-electron chi connectivity index (χ0n) is 18.0. The molecule has 0 aliphatic rings. The van der Waals surface area contributed by atoms with Gasteiger partial charge in [0.25, 0.3) is 5.97 Å². The summed E-state index contributed by atoms with van der Waals surface area (Å²) in [7, 11) is -0.0249. The van der Waals surface area contributed by atoms with Crippen molar-refractivity contribution in [2.24, 2.45) is 0 Å². The molecule has 4 nitrogen and oxygen atoms in total. The third-order valence-corrected chi connectivity index (χ3v) is 6.87. The molecule has 0 aromatic heterocycles. The summed E-state index contributed by atoms with van der Waals surface area (Å²) in [5.41, 5.74) is 1.48. The van der Waals surface area contributed by atoms with Crippen molar-refractivity contribution in [1.29, 1.82) is 0 Å². The van der Waals surface area contributed by atoms with Gasteiger partial charge in [-0.05, 0) is 37.8 Å². The monoisotopic (exact) mass is 398 g/mol. The highest BCUT2D eigenvalue weighted by molar-refractivity contribution is 6.67. The van der Waals surface area contributed by atoms with Gasteiger partial charge in [-0.3, -0.25) is 4.79 Å². The SMILES string of the molecule is C=C[Si](OC)(OC)OC(=O)CCCCCCCC=CCCCCCCCC. The Morgan fingerprint density at radius 1 is 0.815 bits per heavy atom. The zero-order chi connectivity index (χ0) is 20.2. The second-order valence-electron chi connectivity index (χ2n) is 7.02. The molecule has 0 aromatic rings. The molecule has 0 aromatic carbocycles. The van der Waals surface area contributed by atoms with Crippen LogP contribution in [0.3, 0.4) is 0 Å². The van der Waals surface area contributed by atoms with E-state index in [0.717, 1.165) is 19.3 Å². The van der Waals surface area contributed by atoms with Gasteiger partial charge in [-0.15, -0.1) is 0 Å². The van der Waals surface area contributed by atoms with Crippen molar-refractivity contribution in [3.05, 3.63) is 24.4 Å². The topological polar surface area (TPSA) is 44.8 Å². The van der Waals surface area contributed by atoms with Crippen LogP contribution in [0.2, 0.25) is 0 Å². The smallest absolute Gasteiger partial charge is 0.470 e. The van der Waals surface area contributed by atoms with Crippen molar-refractivity contribution in [2.45, 2.75) is 96.8 Å². The molecule has 0 bridgehead atoms. The molecule has 0 atom stereocenters. The van der Waals surface area contributed by atoms with Gasteiger partial charge in [0, 0.05) is 20.6 Å². The number of rotatable bonds is 19. The summed E-state index contributed by atoms with van der Waals surface area (Å²) in [5, 5.41) is 0. The molecule has 0 spiro atoms. The van der Waals surface area contributed by atoms with Gasteiger partial charge >= 0.3 is 8.80 Å². The first kappa shape index (κ1) is 26.1. The highest BCUT2D eigenvalue weighted by Crippen LogP contribution is 2.13. The van der Waals surface area contributed by atoms with Crippen LogP contribution in [0.1, 0.15) is 96.8 Å². The van der Waals surface area contributed by atoms with E-state index in [9.17, 15) is 4.79 Å². The number of hydrogen-bond donors (Lipinski definition) is 0. The van der Waals surface area contributed by atoms with E-state index in [1.54, 1.807) is 0 Å².